The van der Waals surface area contributed by atoms with Crippen molar-refractivity contribution in [2.75, 3.05) is 13.1 Å². The number of piperidine rings is 1. The SMILES string of the molecule is CCC(C(=O)OC(C)(C)C)(c1ccccc1)C(C)N1CCC(NC(=O)c2ccccc2-c2ccc(C(F)(F)F)cc2)CC1. The number of carbonyl (C=O) groups excluding carboxylic acids is 2. The molecular weight excluding hydrogens is 553 g/mol. The van der Waals surface area contributed by atoms with Gasteiger partial charge in [0.1, 0.15) is 11.0 Å². The number of alkyl halides is 3. The van der Waals surface area contributed by atoms with Gasteiger partial charge in [-0.05, 0) is 81.8 Å². The van der Waals surface area contributed by atoms with Crippen LogP contribution >= 0.6 is 0 Å². The zero-order chi connectivity index (χ0) is 31.4. The van der Waals surface area contributed by atoms with Crippen molar-refractivity contribution in [3.05, 3.63) is 95.6 Å². The van der Waals surface area contributed by atoms with Crippen LogP contribution < -0.4 is 5.32 Å². The molecule has 43 heavy (non-hydrogen) atoms. The van der Waals surface area contributed by atoms with E-state index in [1.165, 1.54) is 12.1 Å². The Morgan fingerprint density at radius 2 is 1.47 bits per heavy atom. The summed E-state index contributed by atoms with van der Waals surface area (Å²) in [4.78, 5) is 29.5. The van der Waals surface area contributed by atoms with Crippen LogP contribution in [-0.4, -0.2) is 47.6 Å². The van der Waals surface area contributed by atoms with Crippen LogP contribution in [0.4, 0.5) is 13.2 Å². The van der Waals surface area contributed by atoms with E-state index in [1.807, 2.05) is 58.0 Å². The predicted octanol–water partition coefficient (Wildman–Crippen LogP) is 7.64. The summed E-state index contributed by atoms with van der Waals surface area (Å²) < 4.78 is 45.1. The number of ether oxygens (including phenoxy) is 1. The van der Waals surface area contributed by atoms with Crippen LogP contribution in [0.25, 0.3) is 11.1 Å². The van der Waals surface area contributed by atoms with E-state index in [9.17, 15) is 22.8 Å². The number of hydrogen-bond donors (Lipinski definition) is 1. The Balaban J connectivity index is 1.47. The van der Waals surface area contributed by atoms with Crippen LogP contribution in [0.3, 0.4) is 0 Å². The summed E-state index contributed by atoms with van der Waals surface area (Å²) in [5.74, 6) is -0.501. The van der Waals surface area contributed by atoms with Gasteiger partial charge in [0.2, 0.25) is 0 Å². The monoisotopic (exact) mass is 594 g/mol. The molecule has 1 aliphatic heterocycles. The number of esters is 1. The average molecular weight is 595 g/mol. The lowest BCUT2D eigenvalue weighted by atomic mass is 9.71. The Labute approximate surface area is 252 Å². The van der Waals surface area contributed by atoms with Gasteiger partial charge in [0.25, 0.3) is 5.91 Å². The standard InChI is InChI=1S/C35H41F3N2O3/c1-6-34(26-12-8-7-9-13-26,32(42)43-33(3,4)5)24(2)40-22-20-28(21-23-40)39-31(41)30-15-11-10-14-29(30)25-16-18-27(19-17-25)35(36,37)38/h7-19,24,28H,6,20-23H2,1-5H3,(H,39,41). The molecule has 1 amide bonds. The molecule has 0 aromatic heterocycles. The molecule has 1 saturated heterocycles. The Kier molecular flexibility index (Phi) is 9.70. The maximum Gasteiger partial charge on any atom is 0.416 e. The van der Waals surface area contributed by atoms with Crippen LogP contribution in [0.5, 0.6) is 0 Å². The predicted molar refractivity (Wildman–Crippen MR) is 163 cm³/mol. The third-order valence-electron chi connectivity index (χ3n) is 8.43. The summed E-state index contributed by atoms with van der Waals surface area (Å²) in [5.41, 5.74) is 0.247. The molecule has 5 nitrogen and oxygen atoms in total. The van der Waals surface area contributed by atoms with Gasteiger partial charge >= 0.3 is 12.1 Å². The van der Waals surface area contributed by atoms with E-state index in [1.54, 1.807) is 24.3 Å². The first-order valence-corrected chi connectivity index (χ1v) is 14.9. The Bertz CT molecular complexity index is 1390. The number of likely N-dealkylation sites (tertiary alicyclic amines) is 1. The Hall–Kier alpha value is -3.65. The Morgan fingerprint density at radius 1 is 0.884 bits per heavy atom. The molecule has 0 saturated carbocycles. The van der Waals surface area contributed by atoms with Crippen molar-refractivity contribution in [1.29, 1.82) is 0 Å². The molecular formula is C35H41F3N2O3. The van der Waals surface area contributed by atoms with Crippen LogP contribution in [-0.2, 0) is 21.1 Å². The molecule has 3 aromatic rings. The summed E-state index contributed by atoms with van der Waals surface area (Å²) >= 11 is 0. The fourth-order valence-electron chi connectivity index (χ4n) is 6.06. The number of amides is 1. The van der Waals surface area contributed by atoms with E-state index in [0.29, 0.717) is 49.0 Å². The van der Waals surface area contributed by atoms with Crippen LogP contribution in [0.2, 0.25) is 0 Å². The lowest BCUT2D eigenvalue weighted by Crippen LogP contribution is -2.58. The molecule has 1 heterocycles. The second-order valence-corrected chi connectivity index (χ2v) is 12.3. The van der Waals surface area contributed by atoms with Gasteiger partial charge in [-0.3, -0.25) is 14.5 Å². The molecule has 8 heteroatoms. The number of rotatable bonds is 8. The average Bonchev–Trinajstić information content (AvgIpc) is 2.97. The highest BCUT2D eigenvalue weighted by atomic mass is 19.4. The van der Waals surface area contributed by atoms with Gasteiger partial charge in [0, 0.05) is 30.7 Å². The number of nitrogens with zero attached hydrogens (tertiary/aromatic N) is 1. The molecule has 2 atom stereocenters. The van der Waals surface area contributed by atoms with Gasteiger partial charge in [0.15, 0.2) is 0 Å². The van der Waals surface area contributed by atoms with Gasteiger partial charge in [-0.25, -0.2) is 0 Å². The van der Waals surface area contributed by atoms with Crippen molar-refractivity contribution in [3.63, 3.8) is 0 Å². The molecule has 0 spiro atoms. The first-order valence-electron chi connectivity index (χ1n) is 14.9. The van der Waals surface area contributed by atoms with E-state index >= 15 is 0 Å². The van der Waals surface area contributed by atoms with Gasteiger partial charge in [0.05, 0.1) is 5.56 Å². The summed E-state index contributed by atoms with van der Waals surface area (Å²) in [6, 6.07) is 21.4. The summed E-state index contributed by atoms with van der Waals surface area (Å²) in [5, 5.41) is 3.14. The number of halogens is 3. The summed E-state index contributed by atoms with van der Waals surface area (Å²) in [7, 11) is 0. The lowest BCUT2D eigenvalue weighted by Gasteiger charge is -2.46. The van der Waals surface area contributed by atoms with E-state index in [4.69, 9.17) is 4.74 Å². The normalized spacial score (nSPS) is 17.1. The van der Waals surface area contributed by atoms with Crippen molar-refractivity contribution in [3.8, 4) is 11.1 Å². The van der Waals surface area contributed by atoms with E-state index in [-0.39, 0.29) is 24.0 Å². The quantitative estimate of drug-likeness (QED) is 0.272. The highest BCUT2D eigenvalue weighted by Gasteiger charge is 2.49. The zero-order valence-electron chi connectivity index (χ0n) is 25.5. The first kappa shape index (κ1) is 32.3. The zero-order valence-corrected chi connectivity index (χ0v) is 25.5. The third-order valence-corrected chi connectivity index (χ3v) is 8.43. The van der Waals surface area contributed by atoms with Gasteiger partial charge in [-0.2, -0.15) is 13.2 Å². The van der Waals surface area contributed by atoms with Crippen molar-refractivity contribution in [2.45, 2.75) is 83.2 Å². The van der Waals surface area contributed by atoms with E-state index in [2.05, 4.69) is 17.1 Å². The van der Waals surface area contributed by atoms with E-state index in [0.717, 1.165) is 17.7 Å². The topological polar surface area (TPSA) is 58.6 Å². The fourth-order valence-corrected chi connectivity index (χ4v) is 6.06. The second-order valence-electron chi connectivity index (χ2n) is 12.3. The summed E-state index contributed by atoms with van der Waals surface area (Å²) in [6.07, 6.45) is -2.46. The molecule has 2 unspecified atom stereocenters. The number of hydrogen-bond acceptors (Lipinski definition) is 4. The minimum Gasteiger partial charge on any atom is -0.459 e. The van der Waals surface area contributed by atoms with Crippen molar-refractivity contribution < 1.29 is 27.5 Å². The molecule has 1 N–H and O–H groups in total. The first-order chi connectivity index (χ1) is 20.3. The summed E-state index contributed by atoms with van der Waals surface area (Å²) in [6.45, 7) is 11.1. The highest BCUT2D eigenvalue weighted by molar-refractivity contribution is 6.01. The van der Waals surface area contributed by atoms with Gasteiger partial charge < -0.3 is 10.1 Å². The van der Waals surface area contributed by atoms with Gasteiger partial charge in [-0.15, -0.1) is 0 Å². The van der Waals surface area contributed by atoms with Crippen molar-refractivity contribution in [2.24, 2.45) is 0 Å². The molecule has 1 fully saturated rings. The molecule has 3 aromatic carbocycles. The number of benzene rings is 3. The fraction of sp³-hybridized carbons (Fsp3) is 0.429. The van der Waals surface area contributed by atoms with Crippen molar-refractivity contribution >= 4 is 11.9 Å². The smallest absolute Gasteiger partial charge is 0.416 e. The molecule has 1 aliphatic rings. The molecule has 0 aliphatic carbocycles. The third kappa shape index (κ3) is 7.29. The Morgan fingerprint density at radius 3 is 2.02 bits per heavy atom. The second kappa shape index (κ2) is 12.9. The molecule has 0 radical (unpaired) electrons. The molecule has 4 rings (SSSR count). The number of nitrogens with one attached hydrogen (secondary N) is 1. The van der Waals surface area contributed by atoms with Crippen molar-refractivity contribution in [1.82, 2.24) is 10.2 Å². The lowest BCUT2D eigenvalue weighted by molar-refractivity contribution is -0.166. The maximum absolute atomic E-state index is 13.8. The number of carbonyl (C=O) groups is 2. The molecule has 230 valence electrons. The maximum atomic E-state index is 13.8. The largest absolute Gasteiger partial charge is 0.459 e. The van der Waals surface area contributed by atoms with Crippen LogP contribution in [0.1, 0.15) is 75.4 Å². The van der Waals surface area contributed by atoms with Gasteiger partial charge in [-0.1, -0.05) is 67.6 Å². The minimum atomic E-state index is -4.42. The van der Waals surface area contributed by atoms with Crippen LogP contribution in [0, 0.1) is 0 Å². The van der Waals surface area contributed by atoms with E-state index < -0.39 is 22.8 Å². The highest BCUT2D eigenvalue weighted by Crippen LogP contribution is 2.38. The van der Waals surface area contributed by atoms with Crippen LogP contribution in [0.15, 0.2) is 78.9 Å². The molecule has 0 bridgehead atoms. The minimum absolute atomic E-state index is 0.0779.